The summed E-state index contributed by atoms with van der Waals surface area (Å²) in [7, 11) is 0. The number of amides is 2. The Hall–Kier alpha value is -2.48. The van der Waals surface area contributed by atoms with Crippen molar-refractivity contribution in [3.05, 3.63) is 70.5 Å². The summed E-state index contributed by atoms with van der Waals surface area (Å²) in [5.41, 5.74) is 1.35. The lowest BCUT2D eigenvalue weighted by Crippen LogP contribution is -2.52. The quantitative estimate of drug-likeness (QED) is 0.632. The number of nitrogens with one attached hydrogen (secondary N) is 2. The molecule has 6 nitrogen and oxygen atoms in total. The first-order valence-corrected chi connectivity index (χ1v) is 11.1. The van der Waals surface area contributed by atoms with Crippen molar-refractivity contribution >= 4 is 23.4 Å². The largest absolute Gasteiger partial charge is 0.379 e. The third-order valence-corrected chi connectivity index (χ3v) is 5.80. The number of nitrogens with zero attached hydrogens (tertiary/aromatic N) is 1. The van der Waals surface area contributed by atoms with E-state index in [0.717, 1.165) is 18.7 Å². The van der Waals surface area contributed by atoms with Crippen molar-refractivity contribution in [1.82, 2.24) is 15.5 Å². The molecular formula is C24H29ClFN3O3. The first kappa shape index (κ1) is 24.2. The fourth-order valence-electron chi connectivity index (χ4n) is 3.70. The van der Waals surface area contributed by atoms with Crippen molar-refractivity contribution in [2.75, 3.05) is 32.8 Å². The number of carbonyl (C=O) groups is 2. The summed E-state index contributed by atoms with van der Waals surface area (Å²) in [6.45, 7) is 6.93. The standard InChI is InChI=1S/C24H29ClFN3O3/c1-16(2)22(28-23(30)18-5-9-20(26)10-6-18)24(31)27-15-21(29-11-13-32-14-12-29)17-3-7-19(25)8-4-17/h3-10,16,21-22H,11-15H2,1-2H3,(H,27,31)(H,28,30)/t21-,22+/m0/s1. The monoisotopic (exact) mass is 461 g/mol. The molecule has 0 aliphatic carbocycles. The van der Waals surface area contributed by atoms with E-state index in [1.807, 2.05) is 38.1 Å². The first-order chi connectivity index (χ1) is 15.3. The number of halogens is 2. The third kappa shape index (κ3) is 6.51. The summed E-state index contributed by atoms with van der Waals surface area (Å²) in [6, 6.07) is 12.1. The minimum absolute atomic E-state index is 0.0410. The van der Waals surface area contributed by atoms with Crippen molar-refractivity contribution in [3.8, 4) is 0 Å². The number of ether oxygens (including phenoxy) is 1. The first-order valence-electron chi connectivity index (χ1n) is 10.8. The van der Waals surface area contributed by atoms with Crippen molar-refractivity contribution < 1.29 is 18.7 Å². The average molecular weight is 462 g/mol. The molecule has 1 aliphatic rings. The van der Waals surface area contributed by atoms with Gasteiger partial charge in [-0.05, 0) is 47.9 Å². The predicted molar refractivity (Wildman–Crippen MR) is 122 cm³/mol. The average Bonchev–Trinajstić information content (AvgIpc) is 2.79. The Balaban J connectivity index is 1.68. The van der Waals surface area contributed by atoms with E-state index in [2.05, 4.69) is 15.5 Å². The van der Waals surface area contributed by atoms with Gasteiger partial charge in [-0.25, -0.2) is 4.39 Å². The van der Waals surface area contributed by atoms with Gasteiger partial charge >= 0.3 is 0 Å². The number of hydrogen-bond acceptors (Lipinski definition) is 4. The minimum atomic E-state index is -0.719. The maximum Gasteiger partial charge on any atom is 0.251 e. The Bertz CT molecular complexity index is 900. The smallest absolute Gasteiger partial charge is 0.251 e. The van der Waals surface area contributed by atoms with E-state index < -0.39 is 17.8 Å². The van der Waals surface area contributed by atoms with E-state index in [4.69, 9.17) is 16.3 Å². The number of benzene rings is 2. The lowest BCUT2D eigenvalue weighted by molar-refractivity contribution is -0.124. The predicted octanol–water partition coefficient (Wildman–Crippen LogP) is 3.42. The van der Waals surface area contributed by atoms with Gasteiger partial charge in [-0.1, -0.05) is 37.6 Å². The molecule has 2 N–H and O–H groups in total. The van der Waals surface area contributed by atoms with Crippen LogP contribution in [-0.4, -0.2) is 55.6 Å². The van der Waals surface area contributed by atoms with Crippen LogP contribution in [-0.2, 0) is 9.53 Å². The lowest BCUT2D eigenvalue weighted by Gasteiger charge is -2.35. The summed E-state index contributed by atoms with van der Waals surface area (Å²) in [5.74, 6) is -1.23. The Labute approximate surface area is 193 Å². The highest BCUT2D eigenvalue weighted by atomic mass is 35.5. The summed E-state index contributed by atoms with van der Waals surface area (Å²) >= 11 is 6.05. The normalized spacial score (nSPS) is 16.4. The molecule has 0 spiro atoms. The third-order valence-electron chi connectivity index (χ3n) is 5.55. The number of hydrogen-bond donors (Lipinski definition) is 2. The highest BCUT2D eigenvalue weighted by Crippen LogP contribution is 2.23. The summed E-state index contributed by atoms with van der Waals surface area (Å²) in [4.78, 5) is 27.9. The molecule has 1 saturated heterocycles. The fraction of sp³-hybridized carbons (Fsp3) is 0.417. The second kappa shape index (κ2) is 11.4. The molecule has 0 radical (unpaired) electrons. The highest BCUT2D eigenvalue weighted by Gasteiger charge is 2.28. The lowest BCUT2D eigenvalue weighted by atomic mass is 10.0. The van der Waals surface area contributed by atoms with E-state index in [1.165, 1.54) is 24.3 Å². The Morgan fingerprint density at radius 3 is 2.28 bits per heavy atom. The Morgan fingerprint density at radius 2 is 1.69 bits per heavy atom. The zero-order chi connectivity index (χ0) is 23.1. The van der Waals surface area contributed by atoms with Crippen LogP contribution in [0.1, 0.15) is 35.8 Å². The van der Waals surface area contributed by atoms with Crippen molar-refractivity contribution in [2.45, 2.75) is 25.9 Å². The molecule has 1 aliphatic heterocycles. The van der Waals surface area contributed by atoms with E-state index in [-0.39, 0.29) is 17.9 Å². The zero-order valence-electron chi connectivity index (χ0n) is 18.3. The van der Waals surface area contributed by atoms with E-state index in [9.17, 15) is 14.0 Å². The molecule has 2 aromatic carbocycles. The summed E-state index contributed by atoms with van der Waals surface area (Å²) < 4.78 is 18.6. The molecule has 2 aromatic rings. The van der Waals surface area contributed by atoms with E-state index in [1.54, 1.807) is 0 Å². The molecule has 1 fully saturated rings. The van der Waals surface area contributed by atoms with Gasteiger partial charge in [0.15, 0.2) is 0 Å². The molecule has 2 amide bonds. The second-order valence-corrected chi connectivity index (χ2v) is 8.60. The maximum atomic E-state index is 13.1. The fourth-order valence-corrected chi connectivity index (χ4v) is 3.83. The van der Waals surface area contributed by atoms with Crippen LogP contribution in [0.25, 0.3) is 0 Å². The van der Waals surface area contributed by atoms with Crippen molar-refractivity contribution in [2.24, 2.45) is 5.92 Å². The van der Waals surface area contributed by atoms with Crippen molar-refractivity contribution in [3.63, 3.8) is 0 Å². The van der Waals surface area contributed by atoms with Gasteiger partial charge in [0.05, 0.1) is 19.3 Å². The van der Waals surface area contributed by atoms with Crippen LogP contribution in [0, 0.1) is 11.7 Å². The van der Waals surface area contributed by atoms with Gasteiger partial charge in [0, 0.05) is 30.2 Å². The Morgan fingerprint density at radius 1 is 1.06 bits per heavy atom. The molecule has 32 heavy (non-hydrogen) atoms. The van der Waals surface area contributed by atoms with Gasteiger partial charge in [-0.2, -0.15) is 0 Å². The number of rotatable bonds is 8. The van der Waals surface area contributed by atoms with Crippen LogP contribution in [0.4, 0.5) is 4.39 Å². The SMILES string of the molecule is CC(C)[C@@H](NC(=O)c1ccc(F)cc1)C(=O)NC[C@@H](c1ccc(Cl)cc1)N1CCOCC1. The number of carbonyl (C=O) groups excluding carboxylic acids is 2. The molecule has 0 aromatic heterocycles. The summed E-state index contributed by atoms with van der Waals surface area (Å²) in [5, 5.41) is 6.44. The Kier molecular flexibility index (Phi) is 8.61. The molecule has 3 rings (SSSR count). The van der Waals surface area contributed by atoms with Gasteiger partial charge in [0.25, 0.3) is 5.91 Å². The van der Waals surface area contributed by atoms with Gasteiger partial charge in [0.2, 0.25) is 5.91 Å². The van der Waals surface area contributed by atoms with Crippen LogP contribution >= 0.6 is 11.6 Å². The molecule has 0 unspecified atom stereocenters. The molecular weight excluding hydrogens is 433 g/mol. The molecule has 172 valence electrons. The van der Waals surface area contributed by atoms with Gasteiger partial charge < -0.3 is 15.4 Å². The molecule has 8 heteroatoms. The molecule has 0 saturated carbocycles. The van der Waals surface area contributed by atoms with Gasteiger partial charge in [-0.3, -0.25) is 14.5 Å². The molecule has 0 bridgehead atoms. The van der Waals surface area contributed by atoms with Gasteiger partial charge in [-0.15, -0.1) is 0 Å². The molecule has 1 heterocycles. The van der Waals surface area contributed by atoms with Crippen molar-refractivity contribution in [1.29, 1.82) is 0 Å². The number of morpholine rings is 1. The van der Waals surface area contributed by atoms with Crippen LogP contribution in [0.2, 0.25) is 5.02 Å². The zero-order valence-corrected chi connectivity index (χ0v) is 19.1. The van der Waals surface area contributed by atoms with Crippen LogP contribution in [0.5, 0.6) is 0 Å². The van der Waals surface area contributed by atoms with Crippen LogP contribution < -0.4 is 10.6 Å². The van der Waals surface area contributed by atoms with E-state index in [0.29, 0.717) is 30.3 Å². The van der Waals surface area contributed by atoms with Crippen LogP contribution in [0.15, 0.2) is 48.5 Å². The van der Waals surface area contributed by atoms with Gasteiger partial charge in [0.1, 0.15) is 11.9 Å². The second-order valence-electron chi connectivity index (χ2n) is 8.16. The molecule has 2 atom stereocenters. The minimum Gasteiger partial charge on any atom is -0.379 e. The maximum absolute atomic E-state index is 13.1. The highest BCUT2D eigenvalue weighted by molar-refractivity contribution is 6.30. The van der Waals surface area contributed by atoms with E-state index >= 15 is 0 Å². The summed E-state index contributed by atoms with van der Waals surface area (Å²) in [6.07, 6.45) is 0. The topological polar surface area (TPSA) is 70.7 Å². The van der Waals surface area contributed by atoms with Crippen LogP contribution in [0.3, 0.4) is 0 Å².